The Bertz CT molecular complexity index is 871. The van der Waals surface area contributed by atoms with Gasteiger partial charge in [-0.1, -0.05) is 51.1 Å². The molecule has 31 heavy (non-hydrogen) atoms. The first-order valence-electron chi connectivity index (χ1n) is 11.4. The first-order chi connectivity index (χ1) is 14.9. The average molecular weight is 422 g/mol. The normalized spacial score (nSPS) is 14.5. The molecule has 1 aliphatic heterocycles. The van der Waals surface area contributed by atoms with E-state index in [2.05, 4.69) is 34.6 Å². The number of hydrogen-bond donors (Lipinski definition) is 2. The second-order valence-corrected chi connectivity index (χ2v) is 9.04. The van der Waals surface area contributed by atoms with Crippen molar-refractivity contribution in [2.75, 3.05) is 29.9 Å². The number of anilines is 2. The smallest absolute Gasteiger partial charge is 0.253 e. The van der Waals surface area contributed by atoms with Crippen LogP contribution >= 0.6 is 0 Å². The molecule has 0 saturated carbocycles. The van der Waals surface area contributed by atoms with Crippen LogP contribution < -0.4 is 15.5 Å². The third-order valence-electron chi connectivity index (χ3n) is 5.78. The molecule has 0 atom stereocenters. The molecule has 0 aliphatic carbocycles. The number of hydrogen-bond acceptors (Lipinski definition) is 3. The van der Waals surface area contributed by atoms with Crippen LogP contribution in [0.15, 0.2) is 48.5 Å². The molecule has 0 spiro atoms. The van der Waals surface area contributed by atoms with E-state index in [1.54, 1.807) is 0 Å². The number of benzene rings is 2. The molecule has 0 bridgehead atoms. The van der Waals surface area contributed by atoms with Crippen LogP contribution in [0.2, 0.25) is 0 Å². The van der Waals surface area contributed by atoms with Crippen LogP contribution in [-0.2, 0) is 11.2 Å². The Balaban J connectivity index is 1.74. The molecule has 0 aromatic heterocycles. The van der Waals surface area contributed by atoms with Crippen LogP contribution in [0.3, 0.4) is 0 Å². The number of piperidine rings is 1. The van der Waals surface area contributed by atoms with Gasteiger partial charge < -0.3 is 15.5 Å². The largest absolute Gasteiger partial charge is 0.371 e. The summed E-state index contributed by atoms with van der Waals surface area (Å²) in [4.78, 5) is 27.7. The summed E-state index contributed by atoms with van der Waals surface area (Å²) in [5.41, 5.74) is 3.45. The summed E-state index contributed by atoms with van der Waals surface area (Å²) >= 11 is 0. The molecule has 1 aliphatic rings. The first kappa shape index (κ1) is 22.9. The van der Waals surface area contributed by atoms with Crippen LogP contribution in [0.1, 0.15) is 56.0 Å². The average Bonchev–Trinajstić information content (AvgIpc) is 2.74. The Hall–Kier alpha value is -2.82. The molecule has 2 N–H and O–H groups in total. The lowest BCUT2D eigenvalue weighted by molar-refractivity contribution is -0.116. The summed E-state index contributed by atoms with van der Waals surface area (Å²) in [5, 5.41) is 6.02. The third kappa shape index (κ3) is 6.84. The van der Waals surface area contributed by atoms with Crippen molar-refractivity contribution in [3.8, 4) is 0 Å². The Kier molecular flexibility index (Phi) is 8.10. The van der Waals surface area contributed by atoms with Gasteiger partial charge in [-0.2, -0.15) is 0 Å². The maximum Gasteiger partial charge on any atom is 0.253 e. The highest BCUT2D eigenvalue weighted by molar-refractivity contribution is 6.02. The lowest BCUT2D eigenvalue weighted by atomic mass is 9.97. The lowest BCUT2D eigenvalue weighted by Gasteiger charge is -2.33. The minimum Gasteiger partial charge on any atom is -0.371 e. The number of rotatable bonds is 8. The first-order valence-corrected chi connectivity index (χ1v) is 11.4. The molecular formula is C26H35N3O2. The quantitative estimate of drug-likeness (QED) is 0.639. The highest BCUT2D eigenvalue weighted by atomic mass is 16.2. The van der Waals surface area contributed by atoms with Gasteiger partial charge in [-0.05, 0) is 54.9 Å². The topological polar surface area (TPSA) is 61.4 Å². The van der Waals surface area contributed by atoms with Crippen molar-refractivity contribution in [1.82, 2.24) is 5.32 Å². The van der Waals surface area contributed by atoms with E-state index in [9.17, 15) is 9.59 Å². The van der Waals surface area contributed by atoms with E-state index in [-0.39, 0.29) is 17.7 Å². The Morgan fingerprint density at radius 2 is 1.77 bits per heavy atom. The summed E-state index contributed by atoms with van der Waals surface area (Å²) in [6, 6.07) is 15.9. The summed E-state index contributed by atoms with van der Waals surface area (Å²) < 4.78 is 0. The van der Waals surface area contributed by atoms with E-state index in [0.717, 1.165) is 38.0 Å². The second-order valence-electron chi connectivity index (χ2n) is 9.04. The molecule has 0 radical (unpaired) electrons. The highest BCUT2D eigenvalue weighted by Gasteiger charge is 2.22. The summed E-state index contributed by atoms with van der Waals surface area (Å²) in [6.45, 7) is 8.79. The number of amides is 2. The molecule has 2 aromatic rings. The SMILES string of the molecule is CC(C)CC(=O)Nc1ccc(N2CCC(C)CC2)c(C(=O)NCCc2ccccc2)c1. The summed E-state index contributed by atoms with van der Waals surface area (Å²) in [6.07, 6.45) is 3.50. The zero-order chi connectivity index (χ0) is 22.2. The molecule has 166 valence electrons. The maximum absolute atomic E-state index is 13.1. The van der Waals surface area contributed by atoms with E-state index >= 15 is 0 Å². The monoisotopic (exact) mass is 421 g/mol. The van der Waals surface area contributed by atoms with Gasteiger partial charge in [0.15, 0.2) is 0 Å². The fourth-order valence-electron chi connectivity index (χ4n) is 3.96. The minimum absolute atomic E-state index is 0.0232. The molecule has 0 unspecified atom stereocenters. The van der Waals surface area contributed by atoms with Gasteiger partial charge in [0.2, 0.25) is 5.91 Å². The van der Waals surface area contributed by atoms with Crippen molar-refractivity contribution in [2.24, 2.45) is 11.8 Å². The third-order valence-corrected chi connectivity index (χ3v) is 5.78. The van der Waals surface area contributed by atoms with E-state index in [1.807, 2.05) is 50.2 Å². The second kappa shape index (κ2) is 11.0. The highest BCUT2D eigenvalue weighted by Crippen LogP contribution is 2.29. The summed E-state index contributed by atoms with van der Waals surface area (Å²) in [5.74, 6) is 0.888. The Labute approximate surface area is 186 Å². The van der Waals surface area contributed by atoms with Crippen LogP contribution in [0.25, 0.3) is 0 Å². The van der Waals surface area contributed by atoms with Crippen molar-refractivity contribution in [3.05, 3.63) is 59.7 Å². The fraction of sp³-hybridized carbons (Fsp3) is 0.462. The number of carbonyl (C=O) groups is 2. The van der Waals surface area contributed by atoms with Gasteiger partial charge in [0.25, 0.3) is 5.91 Å². The molecule has 1 heterocycles. The van der Waals surface area contributed by atoms with Gasteiger partial charge in [0.05, 0.1) is 5.56 Å². The number of carbonyl (C=O) groups excluding carboxylic acids is 2. The molecular weight excluding hydrogens is 386 g/mol. The maximum atomic E-state index is 13.1. The molecule has 1 saturated heterocycles. The van der Waals surface area contributed by atoms with Gasteiger partial charge >= 0.3 is 0 Å². The van der Waals surface area contributed by atoms with E-state index in [0.29, 0.717) is 30.1 Å². The van der Waals surface area contributed by atoms with Gasteiger partial charge in [-0.15, -0.1) is 0 Å². The Morgan fingerprint density at radius 3 is 2.45 bits per heavy atom. The van der Waals surface area contributed by atoms with Crippen molar-refractivity contribution < 1.29 is 9.59 Å². The molecule has 2 amide bonds. The molecule has 2 aromatic carbocycles. The number of nitrogens with one attached hydrogen (secondary N) is 2. The Morgan fingerprint density at radius 1 is 1.06 bits per heavy atom. The predicted molar refractivity (Wildman–Crippen MR) is 128 cm³/mol. The molecule has 3 rings (SSSR count). The van der Waals surface area contributed by atoms with Crippen LogP contribution in [0.4, 0.5) is 11.4 Å². The van der Waals surface area contributed by atoms with E-state index in [4.69, 9.17) is 0 Å². The van der Waals surface area contributed by atoms with Crippen LogP contribution in [-0.4, -0.2) is 31.4 Å². The number of nitrogens with zero attached hydrogens (tertiary/aromatic N) is 1. The van der Waals surface area contributed by atoms with Gasteiger partial charge in [-0.25, -0.2) is 0 Å². The predicted octanol–water partition coefficient (Wildman–Crippen LogP) is 4.88. The van der Waals surface area contributed by atoms with E-state index < -0.39 is 0 Å². The van der Waals surface area contributed by atoms with Crippen LogP contribution in [0, 0.1) is 11.8 Å². The fourth-order valence-corrected chi connectivity index (χ4v) is 3.96. The van der Waals surface area contributed by atoms with Gasteiger partial charge in [-0.3, -0.25) is 9.59 Å². The van der Waals surface area contributed by atoms with Crippen molar-refractivity contribution >= 4 is 23.2 Å². The molecule has 5 heteroatoms. The molecule has 5 nitrogen and oxygen atoms in total. The standard InChI is InChI=1S/C26H35N3O2/c1-19(2)17-25(30)28-22-9-10-24(29-15-12-20(3)13-16-29)23(18-22)26(31)27-14-11-21-7-5-4-6-8-21/h4-10,18-20H,11-17H2,1-3H3,(H,27,31)(H,28,30). The van der Waals surface area contributed by atoms with Crippen molar-refractivity contribution in [2.45, 2.75) is 46.5 Å². The minimum atomic E-state index is -0.0930. The van der Waals surface area contributed by atoms with Crippen molar-refractivity contribution in [1.29, 1.82) is 0 Å². The van der Waals surface area contributed by atoms with Gasteiger partial charge in [0.1, 0.15) is 0 Å². The van der Waals surface area contributed by atoms with Gasteiger partial charge in [0, 0.05) is 37.4 Å². The molecule has 1 fully saturated rings. The zero-order valence-electron chi connectivity index (χ0n) is 19.0. The van der Waals surface area contributed by atoms with Crippen LogP contribution in [0.5, 0.6) is 0 Å². The van der Waals surface area contributed by atoms with Crippen molar-refractivity contribution in [3.63, 3.8) is 0 Å². The zero-order valence-corrected chi connectivity index (χ0v) is 19.0. The van der Waals surface area contributed by atoms with E-state index in [1.165, 1.54) is 5.56 Å². The lowest BCUT2D eigenvalue weighted by Crippen LogP contribution is -2.35. The summed E-state index contributed by atoms with van der Waals surface area (Å²) in [7, 11) is 0.